The number of rotatable bonds is 11. The molecule has 1 unspecified atom stereocenters. The molecule has 0 heterocycles. The van der Waals surface area contributed by atoms with Gasteiger partial charge in [0.2, 0.25) is 11.8 Å². The van der Waals surface area contributed by atoms with Crippen LogP contribution in [0.5, 0.6) is 0 Å². The Bertz CT molecular complexity index is 1060. The molecule has 7 heteroatoms. The summed E-state index contributed by atoms with van der Waals surface area (Å²) in [6.07, 6.45) is 0.455. The molecule has 4 nitrogen and oxygen atoms in total. The van der Waals surface area contributed by atoms with Crippen molar-refractivity contribution in [2.45, 2.75) is 31.7 Å². The molecule has 178 valence electrons. The van der Waals surface area contributed by atoms with E-state index in [4.69, 9.17) is 11.6 Å². The highest BCUT2D eigenvalue weighted by atomic mass is 79.9. The predicted octanol–water partition coefficient (Wildman–Crippen LogP) is 6.11. The zero-order valence-corrected chi connectivity index (χ0v) is 22.2. The van der Waals surface area contributed by atoms with E-state index in [9.17, 15) is 9.59 Å². The summed E-state index contributed by atoms with van der Waals surface area (Å²) >= 11 is 11.0. The lowest BCUT2D eigenvalue weighted by Gasteiger charge is -2.31. The molecule has 0 aliphatic rings. The van der Waals surface area contributed by atoms with Crippen LogP contribution in [0.3, 0.4) is 0 Å². The van der Waals surface area contributed by atoms with Crippen LogP contribution in [0.4, 0.5) is 0 Å². The Morgan fingerprint density at radius 2 is 1.59 bits per heavy atom. The second kappa shape index (κ2) is 13.6. The molecule has 1 N–H and O–H groups in total. The SMILES string of the molecule is CCNC(=O)C(Cc1ccccc1)N(Cc1ccc(Br)cc1)C(=O)CSCc1ccc(Cl)cc1. The second-order valence-electron chi connectivity index (χ2n) is 7.87. The van der Waals surface area contributed by atoms with E-state index in [2.05, 4.69) is 21.2 Å². The summed E-state index contributed by atoms with van der Waals surface area (Å²) in [5.41, 5.74) is 3.09. The van der Waals surface area contributed by atoms with Crippen LogP contribution >= 0.6 is 39.3 Å². The van der Waals surface area contributed by atoms with Crippen LogP contribution in [0, 0.1) is 0 Å². The van der Waals surface area contributed by atoms with Crippen molar-refractivity contribution in [1.29, 1.82) is 0 Å². The first-order valence-electron chi connectivity index (χ1n) is 11.1. The van der Waals surface area contributed by atoms with E-state index in [0.29, 0.717) is 30.3 Å². The minimum absolute atomic E-state index is 0.0610. The molecule has 0 spiro atoms. The molecule has 0 saturated carbocycles. The lowest BCUT2D eigenvalue weighted by Crippen LogP contribution is -2.51. The van der Waals surface area contributed by atoms with E-state index in [1.807, 2.05) is 85.8 Å². The highest BCUT2D eigenvalue weighted by Crippen LogP contribution is 2.20. The van der Waals surface area contributed by atoms with Gasteiger partial charge >= 0.3 is 0 Å². The number of carbonyl (C=O) groups is 2. The Morgan fingerprint density at radius 3 is 2.24 bits per heavy atom. The number of thioether (sulfide) groups is 1. The number of hydrogen-bond donors (Lipinski definition) is 1. The number of likely N-dealkylation sites (N-methyl/N-ethyl adjacent to an activating group) is 1. The first-order chi connectivity index (χ1) is 16.5. The van der Waals surface area contributed by atoms with Gasteiger partial charge in [0.05, 0.1) is 5.75 Å². The maximum atomic E-state index is 13.5. The fourth-order valence-corrected chi connectivity index (χ4v) is 4.81. The standard InChI is InChI=1S/C27H28BrClN2O2S/c1-2-30-27(33)25(16-20-6-4-3-5-7-20)31(17-21-8-12-23(28)13-9-21)26(32)19-34-18-22-10-14-24(29)15-11-22/h3-15,25H,2,16-19H2,1H3,(H,30,33). The van der Waals surface area contributed by atoms with Crippen molar-refractivity contribution in [1.82, 2.24) is 10.2 Å². The second-order valence-corrected chi connectivity index (χ2v) is 10.2. The number of carbonyl (C=O) groups excluding carboxylic acids is 2. The van der Waals surface area contributed by atoms with Crippen molar-refractivity contribution in [2.75, 3.05) is 12.3 Å². The maximum absolute atomic E-state index is 13.5. The van der Waals surface area contributed by atoms with Gasteiger partial charge in [-0.1, -0.05) is 82.1 Å². The molecule has 34 heavy (non-hydrogen) atoms. The van der Waals surface area contributed by atoms with Gasteiger partial charge in [0.25, 0.3) is 0 Å². The zero-order chi connectivity index (χ0) is 24.3. The Hall–Kier alpha value is -2.28. The summed E-state index contributed by atoms with van der Waals surface area (Å²) in [5.74, 6) is 0.775. The number of halogens is 2. The average molecular weight is 560 g/mol. The third kappa shape index (κ3) is 8.19. The molecular formula is C27H28BrClN2O2S. The zero-order valence-electron chi connectivity index (χ0n) is 19.0. The van der Waals surface area contributed by atoms with Crippen molar-refractivity contribution in [3.63, 3.8) is 0 Å². The van der Waals surface area contributed by atoms with Gasteiger partial charge < -0.3 is 10.2 Å². The van der Waals surface area contributed by atoms with Gasteiger partial charge in [-0.25, -0.2) is 0 Å². The molecule has 3 rings (SSSR count). The lowest BCUT2D eigenvalue weighted by atomic mass is 10.0. The third-order valence-corrected chi connectivity index (χ3v) is 7.06. The van der Waals surface area contributed by atoms with Gasteiger partial charge in [-0.2, -0.15) is 0 Å². The number of hydrogen-bond acceptors (Lipinski definition) is 3. The number of amides is 2. The molecule has 0 aromatic heterocycles. The highest BCUT2D eigenvalue weighted by Gasteiger charge is 2.30. The molecule has 0 fully saturated rings. The normalized spacial score (nSPS) is 11.6. The van der Waals surface area contributed by atoms with Crippen LogP contribution in [0.25, 0.3) is 0 Å². The molecule has 0 saturated heterocycles. The maximum Gasteiger partial charge on any atom is 0.243 e. The lowest BCUT2D eigenvalue weighted by molar-refractivity contribution is -0.139. The van der Waals surface area contributed by atoms with E-state index in [0.717, 1.165) is 21.2 Å². The average Bonchev–Trinajstić information content (AvgIpc) is 2.84. The molecular weight excluding hydrogens is 532 g/mol. The fourth-order valence-electron chi connectivity index (χ4n) is 3.55. The Morgan fingerprint density at radius 1 is 0.941 bits per heavy atom. The summed E-state index contributed by atoms with van der Waals surface area (Å²) in [6, 6.07) is 24.7. The summed E-state index contributed by atoms with van der Waals surface area (Å²) in [5, 5.41) is 3.61. The molecule has 2 amide bonds. The van der Waals surface area contributed by atoms with E-state index < -0.39 is 6.04 Å². The van der Waals surface area contributed by atoms with Crippen molar-refractivity contribution in [3.05, 3.63) is 105 Å². The largest absolute Gasteiger partial charge is 0.355 e. The van der Waals surface area contributed by atoms with Gasteiger partial charge in [-0.15, -0.1) is 11.8 Å². The van der Waals surface area contributed by atoms with Crippen LogP contribution in [0.2, 0.25) is 5.02 Å². The molecule has 3 aromatic rings. The van der Waals surface area contributed by atoms with Gasteiger partial charge in [-0.3, -0.25) is 9.59 Å². The highest BCUT2D eigenvalue weighted by molar-refractivity contribution is 9.10. The topological polar surface area (TPSA) is 49.4 Å². The summed E-state index contributed by atoms with van der Waals surface area (Å²) in [6.45, 7) is 2.76. The summed E-state index contributed by atoms with van der Waals surface area (Å²) in [4.78, 5) is 28.3. The first kappa shape index (κ1) is 26.3. The minimum Gasteiger partial charge on any atom is -0.355 e. The molecule has 0 aliphatic heterocycles. The number of benzene rings is 3. The van der Waals surface area contributed by atoms with Crippen LogP contribution in [0.15, 0.2) is 83.3 Å². The predicted molar refractivity (Wildman–Crippen MR) is 145 cm³/mol. The molecule has 0 bridgehead atoms. The molecule has 1 atom stereocenters. The van der Waals surface area contributed by atoms with E-state index >= 15 is 0 Å². The van der Waals surface area contributed by atoms with E-state index in [1.165, 1.54) is 11.8 Å². The minimum atomic E-state index is -0.602. The number of nitrogens with zero attached hydrogens (tertiary/aromatic N) is 1. The number of nitrogens with one attached hydrogen (secondary N) is 1. The summed E-state index contributed by atoms with van der Waals surface area (Å²) < 4.78 is 0.970. The smallest absolute Gasteiger partial charge is 0.243 e. The molecule has 0 aliphatic carbocycles. The van der Waals surface area contributed by atoms with Crippen molar-refractivity contribution < 1.29 is 9.59 Å². The quantitative estimate of drug-likeness (QED) is 0.308. The van der Waals surface area contributed by atoms with E-state index in [-0.39, 0.29) is 17.6 Å². The van der Waals surface area contributed by atoms with Crippen LogP contribution in [0.1, 0.15) is 23.6 Å². The third-order valence-electron chi connectivity index (χ3n) is 5.30. The molecule has 3 aromatic carbocycles. The Kier molecular flexibility index (Phi) is 10.5. The van der Waals surface area contributed by atoms with Gasteiger partial charge in [0.15, 0.2) is 0 Å². The van der Waals surface area contributed by atoms with Crippen molar-refractivity contribution in [2.24, 2.45) is 0 Å². The monoisotopic (exact) mass is 558 g/mol. The van der Waals surface area contributed by atoms with Crippen LogP contribution < -0.4 is 5.32 Å². The Labute approximate surface area is 219 Å². The van der Waals surface area contributed by atoms with Gasteiger partial charge in [0, 0.05) is 34.8 Å². The fraction of sp³-hybridized carbons (Fsp3) is 0.259. The first-order valence-corrected chi connectivity index (χ1v) is 13.5. The van der Waals surface area contributed by atoms with E-state index in [1.54, 1.807) is 4.90 Å². The van der Waals surface area contributed by atoms with Crippen molar-refractivity contribution in [3.8, 4) is 0 Å². The van der Waals surface area contributed by atoms with Crippen LogP contribution in [-0.4, -0.2) is 35.1 Å². The Balaban J connectivity index is 1.81. The van der Waals surface area contributed by atoms with Gasteiger partial charge in [-0.05, 0) is 47.9 Å². The summed E-state index contributed by atoms with van der Waals surface area (Å²) in [7, 11) is 0. The van der Waals surface area contributed by atoms with Crippen LogP contribution in [-0.2, 0) is 28.3 Å². The van der Waals surface area contributed by atoms with Gasteiger partial charge in [0.1, 0.15) is 6.04 Å². The molecule has 0 radical (unpaired) electrons. The van der Waals surface area contributed by atoms with Crippen molar-refractivity contribution >= 4 is 51.1 Å².